The molecule has 1 fully saturated rings. The van der Waals surface area contributed by atoms with Crippen molar-refractivity contribution in [2.75, 3.05) is 18.6 Å². The maximum atomic E-state index is 14.1. The predicted octanol–water partition coefficient (Wildman–Crippen LogP) is 5.00. The molecular weight excluding hydrogens is 444 g/mol. The van der Waals surface area contributed by atoms with E-state index in [2.05, 4.69) is 0 Å². The Bertz CT molecular complexity index is 1290. The molecular formula is C26H21F2NO5. The molecule has 8 heteroatoms. The zero-order chi connectivity index (χ0) is 24.4. The largest absolute Gasteiger partial charge is 0.507 e. The molecule has 6 nitrogen and oxygen atoms in total. The van der Waals surface area contributed by atoms with Crippen LogP contribution in [0, 0.1) is 11.6 Å². The topological polar surface area (TPSA) is 76.1 Å². The summed E-state index contributed by atoms with van der Waals surface area (Å²) in [5, 5.41) is 11.1. The molecule has 0 aromatic heterocycles. The van der Waals surface area contributed by atoms with E-state index in [0.717, 1.165) is 17.0 Å². The fourth-order valence-corrected chi connectivity index (χ4v) is 3.89. The van der Waals surface area contributed by atoms with Crippen LogP contribution in [0.5, 0.6) is 11.5 Å². The molecule has 1 saturated heterocycles. The summed E-state index contributed by atoms with van der Waals surface area (Å²) in [5.74, 6) is -3.57. The number of nitrogens with zero attached hydrogens (tertiary/aromatic N) is 1. The number of benzene rings is 3. The number of ketones is 1. The summed E-state index contributed by atoms with van der Waals surface area (Å²) in [7, 11) is 1.49. The average Bonchev–Trinajstić information content (AvgIpc) is 3.11. The second-order valence-corrected chi connectivity index (χ2v) is 7.50. The molecule has 1 aliphatic heterocycles. The van der Waals surface area contributed by atoms with Crippen molar-refractivity contribution in [3.05, 3.63) is 95.1 Å². The van der Waals surface area contributed by atoms with Gasteiger partial charge in [-0.1, -0.05) is 12.1 Å². The van der Waals surface area contributed by atoms with Gasteiger partial charge in [0.2, 0.25) is 0 Å². The van der Waals surface area contributed by atoms with E-state index < -0.39 is 35.1 Å². The molecule has 0 radical (unpaired) electrons. The van der Waals surface area contributed by atoms with E-state index in [0.29, 0.717) is 23.7 Å². The van der Waals surface area contributed by atoms with Gasteiger partial charge in [0.15, 0.2) is 11.6 Å². The van der Waals surface area contributed by atoms with Crippen LogP contribution in [0.4, 0.5) is 14.5 Å². The number of hydrogen-bond donors (Lipinski definition) is 1. The van der Waals surface area contributed by atoms with Crippen molar-refractivity contribution in [3.8, 4) is 11.5 Å². The van der Waals surface area contributed by atoms with Crippen LogP contribution in [0.1, 0.15) is 24.1 Å². The third-order valence-corrected chi connectivity index (χ3v) is 5.47. The normalized spacial score (nSPS) is 17.2. The molecule has 174 valence electrons. The first-order valence-corrected chi connectivity index (χ1v) is 10.5. The standard InChI is InChI=1S/C26H21F2NO5/c1-3-34-19-6-4-5-16(13-19)23-22(24(30)15-7-10-18(33-2)11-8-15)25(31)26(32)29(23)17-9-12-20(27)21(28)14-17/h4-14,23,30H,3H2,1-2H3/b24-22+. The summed E-state index contributed by atoms with van der Waals surface area (Å²) in [6, 6.07) is 14.8. The molecule has 0 saturated carbocycles. The molecule has 3 aromatic rings. The highest BCUT2D eigenvalue weighted by Crippen LogP contribution is 2.43. The van der Waals surface area contributed by atoms with Crippen LogP contribution in [0.15, 0.2) is 72.3 Å². The summed E-state index contributed by atoms with van der Waals surface area (Å²) >= 11 is 0. The average molecular weight is 465 g/mol. The van der Waals surface area contributed by atoms with Gasteiger partial charge in [0.05, 0.1) is 25.3 Å². The number of Topliss-reactive ketones (excluding diaryl/α,β-unsaturated/α-hetero) is 1. The van der Waals surface area contributed by atoms with Crippen LogP contribution >= 0.6 is 0 Å². The van der Waals surface area contributed by atoms with Crippen LogP contribution in [-0.4, -0.2) is 30.5 Å². The molecule has 1 N–H and O–H groups in total. The van der Waals surface area contributed by atoms with Crippen LogP contribution < -0.4 is 14.4 Å². The number of ether oxygens (including phenoxy) is 2. The van der Waals surface area contributed by atoms with Crippen molar-refractivity contribution in [2.45, 2.75) is 13.0 Å². The molecule has 1 unspecified atom stereocenters. The van der Waals surface area contributed by atoms with Gasteiger partial charge in [-0.05, 0) is 61.0 Å². The van der Waals surface area contributed by atoms with Gasteiger partial charge in [-0.15, -0.1) is 0 Å². The minimum absolute atomic E-state index is 0.0263. The molecule has 3 aromatic carbocycles. The molecule has 1 heterocycles. The summed E-state index contributed by atoms with van der Waals surface area (Å²) in [6.45, 7) is 2.20. The number of aliphatic hydroxyl groups excluding tert-OH is 1. The Hall–Kier alpha value is -4.20. The third-order valence-electron chi connectivity index (χ3n) is 5.47. The van der Waals surface area contributed by atoms with Crippen LogP contribution in [0.2, 0.25) is 0 Å². The molecule has 1 amide bonds. The second kappa shape index (κ2) is 9.35. The lowest BCUT2D eigenvalue weighted by Gasteiger charge is -2.26. The Morgan fingerprint density at radius 3 is 2.35 bits per heavy atom. The maximum Gasteiger partial charge on any atom is 0.300 e. The summed E-state index contributed by atoms with van der Waals surface area (Å²) in [6.07, 6.45) is 0. The maximum absolute atomic E-state index is 14.1. The number of halogens is 2. The Morgan fingerprint density at radius 2 is 1.71 bits per heavy atom. The van der Waals surface area contributed by atoms with Gasteiger partial charge in [0, 0.05) is 17.3 Å². The van der Waals surface area contributed by atoms with Gasteiger partial charge in [0.1, 0.15) is 17.3 Å². The zero-order valence-electron chi connectivity index (χ0n) is 18.4. The van der Waals surface area contributed by atoms with Crippen molar-refractivity contribution in [3.63, 3.8) is 0 Å². The van der Waals surface area contributed by atoms with E-state index in [-0.39, 0.29) is 16.8 Å². The minimum atomic E-state index is -1.17. The molecule has 0 spiro atoms. The zero-order valence-corrected chi connectivity index (χ0v) is 18.4. The van der Waals surface area contributed by atoms with Gasteiger partial charge in [-0.2, -0.15) is 0 Å². The number of hydrogen-bond acceptors (Lipinski definition) is 5. The Labute approximate surface area is 194 Å². The van der Waals surface area contributed by atoms with E-state index >= 15 is 0 Å². The van der Waals surface area contributed by atoms with Gasteiger partial charge >= 0.3 is 0 Å². The Kier molecular flexibility index (Phi) is 6.32. The molecule has 4 rings (SSSR count). The highest BCUT2D eigenvalue weighted by molar-refractivity contribution is 6.51. The van der Waals surface area contributed by atoms with E-state index in [1.54, 1.807) is 48.5 Å². The van der Waals surface area contributed by atoms with Gasteiger partial charge in [-0.25, -0.2) is 8.78 Å². The number of amides is 1. The highest BCUT2D eigenvalue weighted by atomic mass is 19.2. The van der Waals surface area contributed by atoms with E-state index in [9.17, 15) is 23.5 Å². The smallest absolute Gasteiger partial charge is 0.300 e. The van der Waals surface area contributed by atoms with Gasteiger partial charge in [0.25, 0.3) is 11.7 Å². The first-order chi connectivity index (χ1) is 16.3. The number of carbonyl (C=O) groups is 2. The summed E-state index contributed by atoms with van der Waals surface area (Å²) in [5.41, 5.74) is 0.523. The third kappa shape index (κ3) is 4.10. The predicted molar refractivity (Wildman–Crippen MR) is 122 cm³/mol. The lowest BCUT2D eigenvalue weighted by atomic mass is 9.95. The lowest BCUT2D eigenvalue weighted by Crippen LogP contribution is -2.29. The van der Waals surface area contributed by atoms with Gasteiger partial charge < -0.3 is 14.6 Å². The number of rotatable bonds is 6. The van der Waals surface area contributed by atoms with Crippen LogP contribution in [-0.2, 0) is 9.59 Å². The van der Waals surface area contributed by atoms with Crippen LogP contribution in [0.25, 0.3) is 5.76 Å². The lowest BCUT2D eigenvalue weighted by molar-refractivity contribution is -0.132. The quantitative estimate of drug-likeness (QED) is 0.315. The molecule has 34 heavy (non-hydrogen) atoms. The Balaban J connectivity index is 1.93. The minimum Gasteiger partial charge on any atom is -0.507 e. The first kappa shape index (κ1) is 23.0. The van der Waals surface area contributed by atoms with Crippen molar-refractivity contribution < 1.29 is 33.0 Å². The van der Waals surface area contributed by atoms with E-state index in [4.69, 9.17) is 9.47 Å². The SMILES string of the molecule is CCOc1cccc(C2/C(=C(\O)c3ccc(OC)cc3)C(=O)C(=O)N2c2ccc(F)c(F)c2)c1. The van der Waals surface area contributed by atoms with Crippen molar-refractivity contribution in [1.82, 2.24) is 0 Å². The molecule has 0 bridgehead atoms. The van der Waals surface area contributed by atoms with E-state index in [1.807, 2.05) is 6.92 Å². The summed E-state index contributed by atoms with van der Waals surface area (Å²) in [4.78, 5) is 27.3. The van der Waals surface area contributed by atoms with Crippen molar-refractivity contribution >= 4 is 23.1 Å². The Morgan fingerprint density at radius 1 is 0.971 bits per heavy atom. The van der Waals surface area contributed by atoms with Gasteiger partial charge in [-0.3, -0.25) is 14.5 Å². The fraction of sp³-hybridized carbons (Fsp3) is 0.154. The fourth-order valence-electron chi connectivity index (χ4n) is 3.89. The van der Waals surface area contributed by atoms with Crippen LogP contribution in [0.3, 0.4) is 0 Å². The molecule has 1 aliphatic rings. The second-order valence-electron chi connectivity index (χ2n) is 7.50. The number of aliphatic hydroxyl groups is 1. The molecule has 0 aliphatic carbocycles. The number of anilines is 1. The number of methoxy groups -OCH3 is 1. The molecule has 1 atom stereocenters. The first-order valence-electron chi connectivity index (χ1n) is 10.5. The summed E-state index contributed by atoms with van der Waals surface area (Å²) < 4.78 is 38.3. The van der Waals surface area contributed by atoms with Crippen molar-refractivity contribution in [2.24, 2.45) is 0 Å². The highest BCUT2D eigenvalue weighted by Gasteiger charge is 2.47. The van der Waals surface area contributed by atoms with Crippen molar-refractivity contribution in [1.29, 1.82) is 0 Å². The number of carbonyl (C=O) groups excluding carboxylic acids is 2. The monoisotopic (exact) mass is 465 g/mol. The van der Waals surface area contributed by atoms with E-state index in [1.165, 1.54) is 13.2 Å².